The number of nitrogens with one attached hydrogen (secondary N) is 1. The largest absolute Gasteiger partial charge is 0.396 e. The number of aliphatic hydroxyl groups excluding tert-OH is 1. The number of rotatable bonds is 6. The van der Waals surface area contributed by atoms with Gasteiger partial charge in [-0.3, -0.25) is 4.79 Å². The van der Waals surface area contributed by atoms with Crippen molar-refractivity contribution in [1.29, 1.82) is 0 Å². The topological polar surface area (TPSA) is 86.7 Å². The molecule has 0 aromatic heterocycles. The summed E-state index contributed by atoms with van der Waals surface area (Å²) in [5, 5.41) is 9.59. The summed E-state index contributed by atoms with van der Waals surface area (Å²) in [4.78, 5) is 13.6. The first-order valence-corrected chi connectivity index (χ1v) is 9.95. The number of carbonyl (C=O) groups is 1. The van der Waals surface area contributed by atoms with Crippen LogP contribution in [0.25, 0.3) is 0 Å². The Bertz CT molecular complexity index is 694. The average Bonchev–Trinajstić information content (AvgIpc) is 3.23. The molecular formula is C17H24N2O4S. The summed E-state index contributed by atoms with van der Waals surface area (Å²) >= 11 is 0. The normalized spacial score (nSPS) is 20.7. The predicted molar refractivity (Wildman–Crippen MR) is 91.2 cm³/mol. The Morgan fingerprint density at radius 3 is 2.33 bits per heavy atom. The first-order chi connectivity index (χ1) is 11.5. The molecule has 24 heavy (non-hydrogen) atoms. The number of nitrogens with zero attached hydrogens (tertiary/aromatic N) is 1. The van der Waals surface area contributed by atoms with Crippen molar-refractivity contribution in [3.05, 3.63) is 24.3 Å². The van der Waals surface area contributed by atoms with Gasteiger partial charge in [-0.25, -0.2) is 13.1 Å². The van der Waals surface area contributed by atoms with E-state index in [0.717, 1.165) is 37.8 Å². The zero-order chi connectivity index (χ0) is 17.2. The van der Waals surface area contributed by atoms with Crippen molar-refractivity contribution >= 4 is 21.6 Å². The molecule has 1 saturated heterocycles. The molecule has 6 nitrogen and oxygen atoms in total. The SMILES string of the molecule is O=C1CCCN1c1ccc(S(=O)(=O)NCC2(CO)CCCC2)cc1. The van der Waals surface area contributed by atoms with Crippen LogP contribution in [0.1, 0.15) is 38.5 Å². The number of hydrogen-bond donors (Lipinski definition) is 2. The van der Waals surface area contributed by atoms with Crippen molar-refractivity contribution in [2.24, 2.45) is 5.41 Å². The molecular weight excluding hydrogens is 328 g/mol. The van der Waals surface area contributed by atoms with Gasteiger partial charge >= 0.3 is 0 Å². The molecule has 1 saturated carbocycles. The molecule has 2 fully saturated rings. The third-order valence-corrected chi connectivity index (χ3v) is 6.59. The van der Waals surface area contributed by atoms with E-state index in [1.54, 1.807) is 17.0 Å². The zero-order valence-electron chi connectivity index (χ0n) is 13.7. The molecule has 1 amide bonds. The van der Waals surface area contributed by atoms with Crippen LogP contribution in [-0.4, -0.2) is 39.1 Å². The molecule has 7 heteroatoms. The monoisotopic (exact) mass is 352 g/mol. The molecule has 0 radical (unpaired) electrons. The average molecular weight is 352 g/mol. The van der Waals surface area contributed by atoms with Gasteiger partial charge in [0.1, 0.15) is 0 Å². The Morgan fingerprint density at radius 2 is 1.79 bits per heavy atom. The fourth-order valence-electron chi connectivity index (χ4n) is 3.57. The molecule has 2 N–H and O–H groups in total. The van der Waals surface area contributed by atoms with Crippen LogP contribution in [0.4, 0.5) is 5.69 Å². The maximum atomic E-state index is 12.5. The second-order valence-corrected chi connectivity index (χ2v) is 8.60. The lowest BCUT2D eigenvalue weighted by molar-refractivity contribution is -0.117. The van der Waals surface area contributed by atoms with Crippen molar-refractivity contribution in [3.8, 4) is 0 Å². The van der Waals surface area contributed by atoms with Crippen molar-refractivity contribution in [2.45, 2.75) is 43.4 Å². The van der Waals surface area contributed by atoms with E-state index in [0.29, 0.717) is 13.0 Å². The summed E-state index contributed by atoms with van der Waals surface area (Å²) in [5.74, 6) is 0.0786. The second-order valence-electron chi connectivity index (χ2n) is 6.83. The molecule has 0 unspecified atom stereocenters. The van der Waals surface area contributed by atoms with E-state index in [1.165, 1.54) is 12.1 Å². The highest BCUT2D eigenvalue weighted by Crippen LogP contribution is 2.37. The fraction of sp³-hybridized carbons (Fsp3) is 0.588. The van der Waals surface area contributed by atoms with Crippen molar-refractivity contribution < 1.29 is 18.3 Å². The fourth-order valence-corrected chi connectivity index (χ4v) is 4.73. The third kappa shape index (κ3) is 3.48. The van der Waals surface area contributed by atoms with Crippen molar-refractivity contribution in [1.82, 2.24) is 4.72 Å². The summed E-state index contributed by atoms with van der Waals surface area (Å²) in [6, 6.07) is 6.41. The van der Waals surface area contributed by atoms with Gasteiger partial charge in [0.15, 0.2) is 0 Å². The van der Waals surface area contributed by atoms with E-state index >= 15 is 0 Å². The first kappa shape index (κ1) is 17.4. The molecule has 0 atom stereocenters. The van der Waals surface area contributed by atoms with Gasteiger partial charge in [0.2, 0.25) is 15.9 Å². The maximum Gasteiger partial charge on any atom is 0.240 e. The van der Waals surface area contributed by atoms with Crippen LogP contribution in [0, 0.1) is 5.41 Å². The number of sulfonamides is 1. The number of benzene rings is 1. The molecule has 1 aromatic rings. The molecule has 3 rings (SSSR count). The number of anilines is 1. The van der Waals surface area contributed by atoms with Crippen molar-refractivity contribution in [2.75, 3.05) is 24.6 Å². The lowest BCUT2D eigenvalue weighted by Gasteiger charge is -2.26. The van der Waals surface area contributed by atoms with Gasteiger partial charge in [-0.05, 0) is 43.5 Å². The highest BCUT2D eigenvalue weighted by atomic mass is 32.2. The van der Waals surface area contributed by atoms with Crippen LogP contribution in [-0.2, 0) is 14.8 Å². The standard InChI is InChI=1S/C17H24N2O4S/c20-13-17(9-1-2-10-17)12-18-24(22,23)15-7-5-14(6-8-15)19-11-3-4-16(19)21/h5-8,18,20H,1-4,9-13H2. The minimum atomic E-state index is -3.61. The van der Waals surface area contributed by atoms with Gasteiger partial charge < -0.3 is 10.0 Å². The van der Waals surface area contributed by atoms with Crippen LogP contribution in [0.15, 0.2) is 29.2 Å². The highest BCUT2D eigenvalue weighted by molar-refractivity contribution is 7.89. The number of aliphatic hydroxyl groups is 1. The maximum absolute atomic E-state index is 12.5. The Labute approximate surface area is 142 Å². The minimum Gasteiger partial charge on any atom is -0.396 e. The third-order valence-electron chi connectivity index (χ3n) is 5.17. The highest BCUT2D eigenvalue weighted by Gasteiger charge is 2.34. The van der Waals surface area contributed by atoms with Crippen molar-refractivity contribution in [3.63, 3.8) is 0 Å². The zero-order valence-corrected chi connectivity index (χ0v) is 14.5. The summed E-state index contributed by atoms with van der Waals surface area (Å²) in [7, 11) is -3.61. The minimum absolute atomic E-state index is 0.00549. The molecule has 1 aliphatic heterocycles. The van der Waals surface area contributed by atoms with Crippen LogP contribution < -0.4 is 9.62 Å². The van der Waals surface area contributed by atoms with E-state index in [9.17, 15) is 18.3 Å². The van der Waals surface area contributed by atoms with Gasteiger partial charge in [-0.2, -0.15) is 0 Å². The molecule has 1 aliphatic carbocycles. The van der Waals surface area contributed by atoms with E-state index in [-0.39, 0.29) is 29.4 Å². The number of amides is 1. The van der Waals surface area contributed by atoms with E-state index in [4.69, 9.17) is 0 Å². The number of hydrogen-bond acceptors (Lipinski definition) is 4. The van der Waals surface area contributed by atoms with Gasteiger partial charge in [0, 0.05) is 37.2 Å². The van der Waals surface area contributed by atoms with Gasteiger partial charge in [0.25, 0.3) is 0 Å². The Hall–Kier alpha value is -1.44. The second kappa shape index (κ2) is 6.82. The molecule has 1 aromatic carbocycles. The quantitative estimate of drug-likeness (QED) is 0.815. The van der Waals surface area contributed by atoms with Crippen LogP contribution >= 0.6 is 0 Å². The van der Waals surface area contributed by atoms with E-state index < -0.39 is 10.0 Å². The van der Waals surface area contributed by atoms with Gasteiger partial charge in [-0.15, -0.1) is 0 Å². The van der Waals surface area contributed by atoms with Gasteiger partial charge in [0.05, 0.1) is 4.90 Å². The lowest BCUT2D eigenvalue weighted by atomic mass is 9.88. The van der Waals surface area contributed by atoms with E-state index in [2.05, 4.69) is 4.72 Å². The first-order valence-electron chi connectivity index (χ1n) is 8.47. The molecule has 132 valence electrons. The number of carbonyl (C=O) groups excluding carboxylic acids is 1. The summed E-state index contributed by atoms with van der Waals surface area (Å²) in [6.07, 6.45) is 5.14. The summed E-state index contributed by atoms with van der Waals surface area (Å²) < 4.78 is 27.6. The summed E-state index contributed by atoms with van der Waals surface area (Å²) in [6.45, 7) is 0.950. The molecule has 2 aliphatic rings. The smallest absolute Gasteiger partial charge is 0.240 e. The Morgan fingerprint density at radius 1 is 1.12 bits per heavy atom. The Kier molecular flexibility index (Phi) is 4.94. The predicted octanol–water partition coefficient (Wildman–Crippen LogP) is 1.64. The summed E-state index contributed by atoms with van der Waals surface area (Å²) in [5.41, 5.74) is 0.411. The van der Waals surface area contributed by atoms with Crippen LogP contribution in [0.3, 0.4) is 0 Å². The Balaban J connectivity index is 1.69. The van der Waals surface area contributed by atoms with Gasteiger partial charge in [-0.1, -0.05) is 12.8 Å². The molecule has 1 heterocycles. The molecule has 0 bridgehead atoms. The van der Waals surface area contributed by atoms with Crippen LogP contribution in [0.5, 0.6) is 0 Å². The lowest BCUT2D eigenvalue weighted by Crippen LogP contribution is -2.38. The molecule has 0 spiro atoms. The van der Waals surface area contributed by atoms with E-state index in [1.807, 2.05) is 0 Å². The van der Waals surface area contributed by atoms with Crippen LogP contribution in [0.2, 0.25) is 0 Å².